The number of benzene rings is 1. The van der Waals surface area contributed by atoms with Gasteiger partial charge in [-0.05, 0) is 57.5 Å². The van der Waals surface area contributed by atoms with Crippen LogP contribution < -0.4 is 5.32 Å². The molecule has 1 atom stereocenters. The average Bonchev–Trinajstić information content (AvgIpc) is 3.27. The van der Waals surface area contributed by atoms with Crippen molar-refractivity contribution in [3.05, 3.63) is 18.2 Å². The zero-order valence-electron chi connectivity index (χ0n) is 13.8. The number of hydrogen-bond donors (Lipinski definition) is 1. The van der Waals surface area contributed by atoms with Crippen molar-refractivity contribution in [1.29, 1.82) is 0 Å². The molecule has 2 aliphatic rings. The van der Waals surface area contributed by atoms with Gasteiger partial charge in [0, 0.05) is 12.6 Å². The third-order valence-electron chi connectivity index (χ3n) is 5.07. The van der Waals surface area contributed by atoms with Crippen LogP contribution in [0.2, 0.25) is 0 Å². The number of hydrogen-bond acceptors (Lipinski definition) is 6. The molecule has 7 heteroatoms. The molecule has 0 bridgehead atoms. The summed E-state index contributed by atoms with van der Waals surface area (Å²) in [6.45, 7) is 4.93. The van der Waals surface area contributed by atoms with Crippen LogP contribution >= 0.6 is 11.7 Å². The second-order valence-electron chi connectivity index (χ2n) is 6.76. The van der Waals surface area contributed by atoms with Crippen molar-refractivity contribution in [2.75, 3.05) is 38.0 Å². The van der Waals surface area contributed by atoms with Crippen LogP contribution in [-0.2, 0) is 4.79 Å². The van der Waals surface area contributed by atoms with Crippen LogP contribution in [-0.4, -0.2) is 63.2 Å². The number of carbonyl (C=O) groups is 1. The van der Waals surface area contributed by atoms with Crippen molar-refractivity contribution in [1.82, 2.24) is 18.5 Å². The highest BCUT2D eigenvalue weighted by molar-refractivity contribution is 7.00. The van der Waals surface area contributed by atoms with E-state index in [2.05, 4.69) is 23.9 Å². The van der Waals surface area contributed by atoms with Crippen LogP contribution in [0.15, 0.2) is 18.2 Å². The van der Waals surface area contributed by atoms with Crippen LogP contribution in [0.4, 0.5) is 5.69 Å². The molecule has 0 spiro atoms. The Labute approximate surface area is 146 Å². The monoisotopic (exact) mass is 345 g/mol. The maximum Gasteiger partial charge on any atom is 0.238 e. The lowest BCUT2D eigenvalue weighted by atomic mass is 10.0. The van der Waals surface area contributed by atoms with E-state index in [0.29, 0.717) is 12.6 Å². The molecule has 24 heavy (non-hydrogen) atoms. The Morgan fingerprint density at radius 1 is 1.21 bits per heavy atom. The van der Waals surface area contributed by atoms with Crippen molar-refractivity contribution in [3.63, 3.8) is 0 Å². The van der Waals surface area contributed by atoms with Gasteiger partial charge in [-0.25, -0.2) is 0 Å². The molecule has 2 aliphatic heterocycles. The van der Waals surface area contributed by atoms with Crippen molar-refractivity contribution >= 4 is 34.4 Å². The largest absolute Gasteiger partial charge is 0.323 e. The van der Waals surface area contributed by atoms with Crippen LogP contribution in [0.25, 0.3) is 11.0 Å². The summed E-state index contributed by atoms with van der Waals surface area (Å²) in [6, 6.07) is 6.34. The summed E-state index contributed by atoms with van der Waals surface area (Å²) in [6.07, 6.45) is 5.09. The van der Waals surface area contributed by atoms with E-state index < -0.39 is 0 Å². The van der Waals surface area contributed by atoms with Gasteiger partial charge in [-0.2, -0.15) is 8.75 Å². The highest BCUT2D eigenvalue weighted by atomic mass is 32.1. The van der Waals surface area contributed by atoms with Crippen molar-refractivity contribution in [2.45, 2.75) is 31.7 Å². The molecule has 0 unspecified atom stereocenters. The van der Waals surface area contributed by atoms with E-state index >= 15 is 0 Å². The molecule has 2 saturated heterocycles. The Kier molecular flexibility index (Phi) is 4.73. The molecule has 128 valence electrons. The van der Waals surface area contributed by atoms with Gasteiger partial charge >= 0.3 is 0 Å². The molecular weight excluding hydrogens is 322 g/mol. The number of rotatable bonds is 4. The Hall–Kier alpha value is -1.57. The Morgan fingerprint density at radius 2 is 2.08 bits per heavy atom. The number of likely N-dealkylation sites (tertiary alicyclic amines) is 2. The number of amides is 1. The van der Waals surface area contributed by atoms with Crippen molar-refractivity contribution in [3.8, 4) is 0 Å². The summed E-state index contributed by atoms with van der Waals surface area (Å²) in [5.41, 5.74) is 2.38. The van der Waals surface area contributed by atoms with Crippen molar-refractivity contribution in [2.24, 2.45) is 0 Å². The molecule has 1 aromatic heterocycles. The molecule has 4 rings (SSSR count). The molecule has 1 N–H and O–H groups in total. The molecule has 1 amide bonds. The third kappa shape index (κ3) is 3.43. The Balaban J connectivity index is 1.36. The van der Waals surface area contributed by atoms with Crippen LogP contribution in [0.1, 0.15) is 25.7 Å². The molecule has 0 aliphatic carbocycles. The number of aromatic nitrogens is 2. The van der Waals surface area contributed by atoms with Gasteiger partial charge in [0.1, 0.15) is 11.0 Å². The van der Waals surface area contributed by atoms with E-state index in [1.165, 1.54) is 50.5 Å². The number of piperidine rings is 1. The number of nitrogens with one attached hydrogen (secondary N) is 1. The fourth-order valence-electron chi connectivity index (χ4n) is 3.88. The summed E-state index contributed by atoms with van der Waals surface area (Å²) >= 11 is 1.18. The zero-order chi connectivity index (χ0) is 16.4. The fraction of sp³-hybridized carbons (Fsp3) is 0.588. The first kappa shape index (κ1) is 15.9. The van der Waals surface area contributed by atoms with Gasteiger partial charge < -0.3 is 5.32 Å². The van der Waals surface area contributed by atoms with Gasteiger partial charge in [0.15, 0.2) is 0 Å². The number of fused-ring (bicyclic) bond motifs is 1. The lowest BCUT2D eigenvalue weighted by Crippen LogP contribution is -2.48. The molecule has 3 heterocycles. The predicted octanol–water partition coefficient (Wildman–Crippen LogP) is 2.19. The van der Waals surface area contributed by atoms with Gasteiger partial charge in [-0.15, -0.1) is 0 Å². The molecule has 0 radical (unpaired) electrons. The second kappa shape index (κ2) is 7.13. The zero-order valence-corrected chi connectivity index (χ0v) is 14.6. The molecular formula is C17H23N5OS. The SMILES string of the molecule is O=C(CN1CCC[C@H](N2CCCC2)C1)Nc1cccc2nsnc12. The van der Waals surface area contributed by atoms with E-state index in [-0.39, 0.29) is 5.91 Å². The van der Waals surface area contributed by atoms with E-state index in [0.717, 1.165) is 29.8 Å². The molecule has 1 aromatic carbocycles. The first-order valence-corrected chi connectivity index (χ1v) is 9.50. The molecule has 2 aromatic rings. The predicted molar refractivity (Wildman–Crippen MR) is 96.3 cm³/mol. The number of nitrogens with zero attached hydrogens (tertiary/aromatic N) is 4. The van der Waals surface area contributed by atoms with Crippen LogP contribution in [0.5, 0.6) is 0 Å². The Bertz CT molecular complexity index is 712. The summed E-state index contributed by atoms with van der Waals surface area (Å²) in [5, 5.41) is 3.01. The normalized spacial score (nSPS) is 22.9. The van der Waals surface area contributed by atoms with Gasteiger partial charge in [-0.1, -0.05) is 6.07 Å². The number of carbonyl (C=O) groups excluding carboxylic acids is 1. The van der Waals surface area contributed by atoms with Gasteiger partial charge in [0.25, 0.3) is 0 Å². The maximum atomic E-state index is 12.5. The number of anilines is 1. The lowest BCUT2D eigenvalue weighted by Gasteiger charge is -2.37. The van der Waals surface area contributed by atoms with E-state index in [1.54, 1.807) is 0 Å². The minimum absolute atomic E-state index is 0.0394. The summed E-state index contributed by atoms with van der Waals surface area (Å²) < 4.78 is 8.50. The molecule has 2 fully saturated rings. The quantitative estimate of drug-likeness (QED) is 0.920. The maximum absolute atomic E-state index is 12.5. The van der Waals surface area contributed by atoms with E-state index in [4.69, 9.17) is 0 Å². The van der Waals surface area contributed by atoms with E-state index in [9.17, 15) is 4.79 Å². The smallest absolute Gasteiger partial charge is 0.238 e. The fourth-order valence-corrected chi connectivity index (χ4v) is 4.43. The summed E-state index contributed by atoms with van der Waals surface area (Å²) in [7, 11) is 0. The highest BCUT2D eigenvalue weighted by Crippen LogP contribution is 2.22. The minimum atomic E-state index is 0.0394. The standard InChI is InChI=1S/C17H23N5OS/c23-16(18-14-6-3-7-15-17(14)20-24-19-15)12-21-8-4-5-13(11-21)22-9-1-2-10-22/h3,6-7,13H,1-2,4-5,8-12H2,(H,18,23)/t13-/m0/s1. The minimum Gasteiger partial charge on any atom is -0.323 e. The van der Waals surface area contributed by atoms with Gasteiger partial charge in [0.05, 0.1) is 24.0 Å². The topological polar surface area (TPSA) is 61.4 Å². The lowest BCUT2D eigenvalue weighted by molar-refractivity contribution is -0.117. The van der Waals surface area contributed by atoms with Crippen LogP contribution in [0.3, 0.4) is 0 Å². The average molecular weight is 345 g/mol. The van der Waals surface area contributed by atoms with Gasteiger partial charge in [0.2, 0.25) is 5.91 Å². The highest BCUT2D eigenvalue weighted by Gasteiger charge is 2.27. The first-order chi connectivity index (χ1) is 11.8. The summed E-state index contributed by atoms with van der Waals surface area (Å²) in [4.78, 5) is 17.4. The second-order valence-corrected chi connectivity index (χ2v) is 7.29. The molecule has 6 nitrogen and oxygen atoms in total. The molecule has 0 saturated carbocycles. The Morgan fingerprint density at radius 3 is 2.96 bits per heavy atom. The first-order valence-electron chi connectivity index (χ1n) is 8.77. The van der Waals surface area contributed by atoms with Crippen LogP contribution in [0, 0.1) is 0 Å². The summed E-state index contributed by atoms with van der Waals surface area (Å²) in [5.74, 6) is 0.0394. The third-order valence-corrected chi connectivity index (χ3v) is 5.61. The van der Waals surface area contributed by atoms with E-state index in [1.807, 2.05) is 18.2 Å². The van der Waals surface area contributed by atoms with Crippen molar-refractivity contribution < 1.29 is 4.79 Å². The van der Waals surface area contributed by atoms with Gasteiger partial charge in [-0.3, -0.25) is 14.6 Å².